The highest BCUT2D eigenvalue weighted by Crippen LogP contribution is 2.11. The third-order valence-electron chi connectivity index (χ3n) is 2.73. The fourth-order valence-corrected chi connectivity index (χ4v) is 1.82. The summed E-state index contributed by atoms with van der Waals surface area (Å²) in [5.74, 6) is 0.106. The Morgan fingerprint density at radius 2 is 2.29 bits per heavy atom. The molecule has 1 aliphatic rings. The van der Waals surface area contributed by atoms with Crippen LogP contribution in [0.15, 0.2) is 0 Å². The van der Waals surface area contributed by atoms with E-state index in [1.165, 1.54) is 0 Å². The molecule has 0 N–H and O–H groups in total. The maximum Gasteiger partial charge on any atom is 0.240 e. The summed E-state index contributed by atoms with van der Waals surface area (Å²) in [6.07, 6.45) is 1.30. The normalized spacial score (nSPS) is 24.5. The first-order valence-electron chi connectivity index (χ1n) is 5.06. The van der Waals surface area contributed by atoms with Crippen molar-refractivity contribution in [2.45, 2.75) is 25.8 Å². The van der Waals surface area contributed by atoms with Gasteiger partial charge in [0.25, 0.3) is 0 Å². The fraction of sp³-hybridized carbons (Fsp3) is 0.800. The SMILES string of the molecule is CCN1CCCN(C)C(CC#N)C1=O. The number of nitrogens with zero attached hydrogens (tertiary/aromatic N) is 3. The van der Waals surface area contributed by atoms with Crippen LogP contribution >= 0.6 is 0 Å². The molecule has 0 aromatic heterocycles. The summed E-state index contributed by atoms with van der Waals surface area (Å²) in [5.41, 5.74) is 0. The van der Waals surface area contributed by atoms with Crippen LogP contribution in [0.25, 0.3) is 0 Å². The van der Waals surface area contributed by atoms with E-state index < -0.39 is 0 Å². The highest BCUT2D eigenvalue weighted by Gasteiger charge is 2.29. The van der Waals surface area contributed by atoms with Gasteiger partial charge in [-0.3, -0.25) is 9.69 Å². The van der Waals surface area contributed by atoms with Gasteiger partial charge in [0.05, 0.1) is 12.5 Å². The van der Waals surface area contributed by atoms with Crippen molar-refractivity contribution in [3.63, 3.8) is 0 Å². The summed E-state index contributed by atoms with van der Waals surface area (Å²) in [5, 5.41) is 8.66. The minimum atomic E-state index is -0.234. The molecule has 14 heavy (non-hydrogen) atoms. The van der Waals surface area contributed by atoms with Gasteiger partial charge >= 0.3 is 0 Å². The van der Waals surface area contributed by atoms with Gasteiger partial charge in [-0.05, 0) is 20.4 Å². The van der Waals surface area contributed by atoms with Crippen LogP contribution in [-0.2, 0) is 4.79 Å². The van der Waals surface area contributed by atoms with Gasteiger partial charge in [-0.15, -0.1) is 0 Å². The van der Waals surface area contributed by atoms with Gasteiger partial charge in [0.15, 0.2) is 0 Å². The maximum absolute atomic E-state index is 11.9. The van der Waals surface area contributed by atoms with E-state index in [1.807, 2.05) is 23.8 Å². The van der Waals surface area contributed by atoms with Crippen LogP contribution in [0.3, 0.4) is 0 Å². The average molecular weight is 195 g/mol. The van der Waals surface area contributed by atoms with Crippen LogP contribution in [0.5, 0.6) is 0 Å². The third kappa shape index (κ3) is 2.24. The van der Waals surface area contributed by atoms with Crippen molar-refractivity contribution in [3.8, 4) is 6.07 Å². The van der Waals surface area contributed by atoms with Crippen molar-refractivity contribution >= 4 is 5.91 Å². The fourth-order valence-electron chi connectivity index (χ4n) is 1.82. The van der Waals surface area contributed by atoms with Gasteiger partial charge in [-0.25, -0.2) is 0 Å². The number of hydrogen-bond acceptors (Lipinski definition) is 3. The Labute approximate surface area is 85.1 Å². The molecule has 0 aliphatic carbocycles. The molecule has 4 nitrogen and oxygen atoms in total. The van der Waals surface area contributed by atoms with E-state index in [0.717, 1.165) is 26.1 Å². The van der Waals surface area contributed by atoms with Gasteiger partial charge in [0, 0.05) is 19.6 Å². The zero-order valence-corrected chi connectivity index (χ0v) is 8.86. The highest BCUT2D eigenvalue weighted by molar-refractivity contribution is 5.82. The van der Waals surface area contributed by atoms with Crippen molar-refractivity contribution in [2.75, 3.05) is 26.7 Å². The Balaban J connectivity index is 2.75. The van der Waals surface area contributed by atoms with Crippen molar-refractivity contribution in [1.29, 1.82) is 5.26 Å². The number of carbonyl (C=O) groups excluding carboxylic acids is 1. The van der Waals surface area contributed by atoms with Crippen LogP contribution < -0.4 is 0 Å². The predicted octanol–water partition coefficient (Wildman–Crippen LogP) is 0.453. The lowest BCUT2D eigenvalue weighted by molar-refractivity contribution is -0.134. The summed E-state index contributed by atoms with van der Waals surface area (Å²) in [6, 6.07) is 1.85. The molecule has 0 aromatic carbocycles. The van der Waals surface area contributed by atoms with Crippen LogP contribution in [0, 0.1) is 11.3 Å². The first-order chi connectivity index (χ1) is 6.70. The van der Waals surface area contributed by atoms with E-state index >= 15 is 0 Å². The molecule has 0 spiro atoms. The summed E-state index contributed by atoms with van der Waals surface area (Å²) in [7, 11) is 1.92. The number of amides is 1. The van der Waals surface area contributed by atoms with E-state index in [2.05, 4.69) is 6.07 Å². The molecule has 0 saturated carbocycles. The first-order valence-corrected chi connectivity index (χ1v) is 5.06. The van der Waals surface area contributed by atoms with Crippen LogP contribution in [0.2, 0.25) is 0 Å². The predicted molar refractivity (Wildman–Crippen MR) is 53.5 cm³/mol. The van der Waals surface area contributed by atoms with E-state index in [-0.39, 0.29) is 11.9 Å². The lowest BCUT2D eigenvalue weighted by Crippen LogP contribution is -2.44. The number of nitriles is 1. The third-order valence-corrected chi connectivity index (χ3v) is 2.73. The molecule has 1 unspecified atom stereocenters. The molecule has 1 amide bonds. The molecule has 4 heteroatoms. The highest BCUT2D eigenvalue weighted by atomic mass is 16.2. The van der Waals surface area contributed by atoms with Gasteiger partial charge < -0.3 is 4.90 Å². The van der Waals surface area contributed by atoms with Crippen LogP contribution in [0.4, 0.5) is 0 Å². The van der Waals surface area contributed by atoms with Crippen molar-refractivity contribution in [1.82, 2.24) is 9.80 Å². The Bertz CT molecular complexity index is 246. The summed E-state index contributed by atoms with van der Waals surface area (Å²) < 4.78 is 0. The molecule has 1 heterocycles. The Morgan fingerprint density at radius 1 is 1.57 bits per heavy atom. The Hall–Kier alpha value is -1.08. The van der Waals surface area contributed by atoms with E-state index in [1.54, 1.807) is 0 Å². The minimum absolute atomic E-state index is 0.106. The lowest BCUT2D eigenvalue weighted by atomic mass is 10.2. The second kappa shape index (κ2) is 4.97. The summed E-state index contributed by atoms with van der Waals surface area (Å²) in [6.45, 7) is 4.44. The topological polar surface area (TPSA) is 47.3 Å². The number of likely N-dealkylation sites (N-methyl/N-ethyl adjacent to an activating group) is 2. The van der Waals surface area contributed by atoms with E-state index in [4.69, 9.17) is 5.26 Å². The molecule has 0 radical (unpaired) electrons. The van der Waals surface area contributed by atoms with Gasteiger partial charge in [0.2, 0.25) is 5.91 Å². The monoisotopic (exact) mass is 195 g/mol. The summed E-state index contributed by atoms with van der Waals surface area (Å²) >= 11 is 0. The molecule has 1 atom stereocenters. The zero-order valence-electron chi connectivity index (χ0n) is 8.86. The first kappa shape index (κ1) is 11.0. The average Bonchev–Trinajstić information content (AvgIpc) is 2.30. The Kier molecular flexibility index (Phi) is 3.90. The van der Waals surface area contributed by atoms with Crippen molar-refractivity contribution in [3.05, 3.63) is 0 Å². The number of hydrogen-bond donors (Lipinski definition) is 0. The Morgan fingerprint density at radius 3 is 2.86 bits per heavy atom. The van der Waals surface area contributed by atoms with Crippen LogP contribution in [-0.4, -0.2) is 48.4 Å². The number of carbonyl (C=O) groups is 1. The number of rotatable bonds is 2. The molecule has 0 aromatic rings. The van der Waals surface area contributed by atoms with E-state index in [0.29, 0.717) is 6.42 Å². The molecular weight excluding hydrogens is 178 g/mol. The second-order valence-corrected chi connectivity index (χ2v) is 3.63. The van der Waals surface area contributed by atoms with Gasteiger partial charge in [0.1, 0.15) is 6.04 Å². The van der Waals surface area contributed by atoms with E-state index in [9.17, 15) is 4.79 Å². The maximum atomic E-state index is 11.9. The van der Waals surface area contributed by atoms with Gasteiger partial charge in [-0.2, -0.15) is 5.26 Å². The van der Waals surface area contributed by atoms with Gasteiger partial charge in [-0.1, -0.05) is 0 Å². The summed E-state index contributed by atoms with van der Waals surface area (Å²) in [4.78, 5) is 15.7. The molecular formula is C10H17N3O. The largest absolute Gasteiger partial charge is 0.342 e. The minimum Gasteiger partial charge on any atom is -0.342 e. The molecule has 1 aliphatic heterocycles. The molecule has 1 saturated heterocycles. The quantitative estimate of drug-likeness (QED) is 0.643. The second-order valence-electron chi connectivity index (χ2n) is 3.63. The van der Waals surface area contributed by atoms with Crippen molar-refractivity contribution < 1.29 is 4.79 Å². The molecule has 78 valence electrons. The smallest absolute Gasteiger partial charge is 0.240 e. The zero-order chi connectivity index (χ0) is 10.6. The lowest BCUT2D eigenvalue weighted by Gasteiger charge is -2.25. The molecule has 1 fully saturated rings. The van der Waals surface area contributed by atoms with Crippen molar-refractivity contribution in [2.24, 2.45) is 0 Å². The van der Waals surface area contributed by atoms with Crippen LogP contribution in [0.1, 0.15) is 19.8 Å². The standard InChI is InChI=1S/C10H17N3O/c1-3-13-8-4-7-12(2)9(5-6-11)10(13)14/h9H,3-5,7-8H2,1-2H3. The molecule has 0 bridgehead atoms. The molecule has 1 rings (SSSR count).